The summed E-state index contributed by atoms with van der Waals surface area (Å²) in [6.45, 7) is 0. The van der Waals surface area contributed by atoms with E-state index in [0.717, 1.165) is 6.42 Å². The van der Waals surface area contributed by atoms with Crippen LogP contribution in [0.4, 0.5) is 0 Å². The van der Waals surface area contributed by atoms with Crippen molar-refractivity contribution in [2.75, 3.05) is 0 Å². The van der Waals surface area contributed by atoms with Crippen molar-refractivity contribution in [3.8, 4) is 21.7 Å². The molecule has 0 atom stereocenters. The first kappa shape index (κ1) is 22.0. The second-order valence-electron chi connectivity index (χ2n) is 5.46. The van der Waals surface area contributed by atoms with Gasteiger partial charge in [0.15, 0.2) is 0 Å². The molecular weight excluding hydrogens is 402 g/mol. The molecule has 0 fully saturated rings. The van der Waals surface area contributed by atoms with E-state index in [9.17, 15) is 0 Å². The summed E-state index contributed by atoms with van der Waals surface area (Å²) >= 11 is 0. The van der Waals surface area contributed by atoms with E-state index in [1.807, 2.05) is 0 Å². The molecule has 0 spiro atoms. The molecule has 3 aromatic rings. The molecule has 1 aliphatic carbocycles. The van der Waals surface area contributed by atoms with Crippen LogP contribution in [0.5, 0.6) is 0 Å². The van der Waals surface area contributed by atoms with Crippen molar-refractivity contribution in [1.82, 2.24) is 0 Å². The third-order valence-electron chi connectivity index (χ3n) is 4.00. The van der Waals surface area contributed by atoms with Gasteiger partial charge in [0.05, 0.1) is 0 Å². The second kappa shape index (κ2) is 10.2. The molecular formula is C21H16Cl2PTi. The molecule has 0 amide bonds. The van der Waals surface area contributed by atoms with E-state index < -0.39 is 0 Å². The first-order valence-corrected chi connectivity index (χ1v) is 8.46. The van der Waals surface area contributed by atoms with Gasteiger partial charge in [0, 0.05) is 0 Å². The molecule has 0 unspecified atom stereocenters. The summed E-state index contributed by atoms with van der Waals surface area (Å²) in [7, 11) is 1.30. The van der Waals surface area contributed by atoms with Gasteiger partial charge in [-0.1, -0.05) is 94.0 Å². The van der Waals surface area contributed by atoms with Crippen LogP contribution in [0.25, 0.3) is 27.3 Å². The van der Waals surface area contributed by atoms with E-state index in [4.69, 9.17) is 0 Å². The minimum Gasteiger partial charge on any atom is -1.00 e. The van der Waals surface area contributed by atoms with Crippen LogP contribution in [0.15, 0.2) is 85.0 Å². The minimum absolute atomic E-state index is 0. The quantitative estimate of drug-likeness (QED) is 0.434. The smallest absolute Gasteiger partial charge is 1.00 e. The Kier molecular flexibility index (Phi) is 9.01. The van der Waals surface area contributed by atoms with Gasteiger partial charge in [0.1, 0.15) is 0 Å². The largest absolute Gasteiger partial charge is 3.00 e. The van der Waals surface area contributed by atoms with E-state index in [-0.39, 0.29) is 46.5 Å². The first-order valence-electron chi connectivity index (χ1n) is 7.56. The van der Waals surface area contributed by atoms with Crippen LogP contribution in [0.1, 0.15) is 12.0 Å². The molecule has 0 N–H and O–H groups in total. The van der Waals surface area contributed by atoms with Crippen LogP contribution in [-0.2, 0) is 21.7 Å². The molecule has 4 rings (SSSR count). The van der Waals surface area contributed by atoms with Crippen LogP contribution in [0, 0.1) is 0 Å². The average Bonchev–Trinajstić information content (AvgIpc) is 3.26. The maximum absolute atomic E-state index is 2.37. The molecule has 123 valence electrons. The third-order valence-corrected chi connectivity index (χ3v) is 5.35. The van der Waals surface area contributed by atoms with Crippen molar-refractivity contribution in [2.24, 2.45) is 0 Å². The second-order valence-corrected chi connectivity index (χ2v) is 6.61. The Labute approximate surface area is 178 Å². The Balaban J connectivity index is 0.00000104. The Morgan fingerprint density at radius 3 is 2.08 bits per heavy atom. The number of rotatable bonds is 3. The normalized spacial score (nSPS) is 12.1. The third kappa shape index (κ3) is 4.79. The molecule has 25 heavy (non-hydrogen) atoms. The number of halogens is 2. The first-order chi connectivity index (χ1) is 10.9. The molecule has 1 heterocycles. The summed E-state index contributed by atoms with van der Waals surface area (Å²) in [5.41, 5.74) is 5.47. The summed E-state index contributed by atoms with van der Waals surface area (Å²) in [5, 5.41) is 2.82. The molecule has 1 aliphatic rings. The summed E-state index contributed by atoms with van der Waals surface area (Å²) in [4.78, 5) is 0. The zero-order valence-corrected chi connectivity index (χ0v) is 17.5. The molecule has 2 aromatic carbocycles. The fraction of sp³-hybridized carbons (Fsp3) is 0.0476. The summed E-state index contributed by atoms with van der Waals surface area (Å²) < 4.78 is 0. The molecule has 0 nitrogen and oxygen atoms in total. The molecule has 0 aliphatic heterocycles. The average molecular weight is 418 g/mol. The van der Waals surface area contributed by atoms with E-state index in [1.54, 1.807) is 0 Å². The molecule has 0 saturated heterocycles. The van der Waals surface area contributed by atoms with Crippen molar-refractivity contribution in [3.63, 3.8) is 0 Å². The van der Waals surface area contributed by atoms with Gasteiger partial charge < -0.3 is 24.8 Å². The number of hydrogen-bond donors (Lipinski definition) is 0. The number of benzene rings is 2. The van der Waals surface area contributed by atoms with Crippen molar-refractivity contribution >= 4 is 13.8 Å². The number of hydrogen-bond acceptors (Lipinski definition) is 0. The van der Waals surface area contributed by atoms with Crippen LogP contribution in [0.3, 0.4) is 0 Å². The molecule has 4 heteroatoms. The van der Waals surface area contributed by atoms with Gasteiger partial charge in [-0.15, -0.1) is 26.4 Å². The maximum Gasteiger partial charge on any atom is 3.00 e. The van der Waals surface area contributed by atoms with Gasteiger partial charge in [0.2, 0.25) is 0 Å². The Morgan fingerprint density at radius 1 is 0.840 bits per heavy atom. The number of allylic oxidation sites excluding steroid dienone is 4. The SMILES string of the molecule is C1=CCC(c2cc(-c3ccccc3)p[c-]2-c2ccccc2)=C1.[Cl-].[Cl-].[Ti+3]. The van der Waals surface area contributed by atoms with Crippen molar-refractivity contribution in [3.05, 3.63) is 90.5 Å². The topological polar surface area (TPSA) is 0 Å². The van der Waals surface area contributed by atoms with Crippen LogP contribution < -0.4 is 24.8 Å². The van der Waals surface area contributed by atoms with Gasteiger partial charge in [0.25, 0.3) is 0 Å². The molecule has 0 saturated carbocycles. The fourth-order valence-electron chi connectivity index (χ4n) is 2.88. The van der Waals surface area contributed by atoms with Gasteiger partial charge in [-0.2, -0.15) is 0 Å². The molecule has 1 radical (unpaired) electrons. The fourth-order valence-corrected chi connectivity index (χ4v) is 4.20. The van der Waals surface area contributed by atoms with Gasteiger partial charge in [-0.3, -0.25) is 0 Å². The Hall–Kier alpha value is -1.01. The minimum atomic E-state index is 0. The molecule has 1 aromatic heterocycles. The Morgan fingerprint density at radius 2 is 1.48 bits per heavy atom. The van der Waals surface area contributed by atoms with Crippen LogP contribution >= 0.6 is 8.19 Å². The molecule has 0 bridgehead atoms. The monoisotopic (exact) mass is 417 g/mol. The van der Waals surface area contributed by atoms with Crippen molar-refractivity contribution in [2.45, 2.75) is 6.42 Å². The van der Waals surface area contributed by atoms with Gasteiger partial charge >= 0.3 is 21.7 Å². The van der Waals surface area contributed by atoms with E-state index >= 15 is 0 Å². The summed E-state index contributed by atoms with van der Waals surface area (Å²) in [6.07, 6.45) is 7.68. The van der Waals surface area contributed by atoms with Crippen LogP contribution in [-0.4, -0.2) is 0 Å². The van der Waals surface area contributed by atoms with Crippen LogP contribution in [0.2, 0.25) is 0 Å². The van der Waals surface area contributed by atoms with E-state index in [0.29, 0.717) is 0 Å². The zero-order valence-electron chi connectivity index (χ0n) is 13.5. The summed E-state index contributed by atoms with van der Waals surface area (Å²) in [6, 6.07) is 23.8. The van der Waals surface area contributed by atoms with Gasteiger partial charge in [-0.05, 0) is 12.0 Å². The summed E-state index contributed by atoms with van der Waals surface area (Å²) in [5.74, 6) is 0. The zero-order chi connectivity index (χ0) is 14.8. The predicted octanol–water partition coefficient (Wildman–Crippen LogP) is 0.668. The van der Waals surface area contributed by atoms with E-state index in [1.165, 1.54) is 41.0 Å². The standard InChI is InChI=1S/C21H16P.2ClH.Ti/c1-3-11-17(12-4-1)20-15-19(16-9-7-8-10-16)21(22-20)18-13-5-2-6-14-18;;;/h1-9,11-15H,10H2;2*1H;/q-1;;;+3/p-2. The Bertz CT molecular complexity index is 852. The van der Waals surface area contributed by atoms with Gasteiger partial charge in [-0.25, -0.2) is 0 Å². The maximum atomic E-state index is 2.37. The predicted molar refractivity (Wildman–Crippen MR) is 97.2 cm³/mol. The van der Waals surface area contributed by atoms with E-state index in [2.05, 4.69) is 85.0 Å². The van der Waals surface area contributed by atoms with Crippen molar-refractivity contribution in [1.29, 1.82) is 0 Å². The van der Waals surface area contributed by atoms with Crippen molar-refractivity contribution < 1.29 is 46.5 Å².